The molecule has 150 valence electrons. The highest BCUT2D eigenvalue weighted by Crippen LogP contribution is 2.38. The van der Waals surface area contributed by atoms with Gasteiger partial charge in [-0.2, -0.15) is 0 Å². The maximum Gasteiger partial charge on any atom is 0.306 e. The van der Waals surface area contributed by atoms with E-state index in [1.165, 1.54) is 12.0 Å². The summed E-state index contributed by atoms with van der Waals surface area (Å²) in [6.07, 6.45) is 2.35. The predicted octanol–water partition coefficient (Wildman–Crippen LogP) is 3.09. The van der Waals surface area contributed by atoms with Crippen molar-refractivity contribution in [2.45, 2.75) is 51.3 Å². The van der Waals surface area contributed by atoms with Crippen molar-refractivity contribution >= 4 is 11.9 Å². The number of methoxy groups -OCH3 is 1. The number of hydrogen-bond donors (Lipinski definition) is 1. The van der Waals surface area contributed by atoms with Crippen LogP contribution in [0.4, 0.5) is 0 Å². The Kier molecular flexibility index (Phi) is 7.70. The number of aliphatic hydroxyl groups excluding tert-OH is 1. The molecule has 2 rings (SSSR count). The van der Waals surface area contributed by atoms with E-state index in [2.05, 4.69) is 4.98 Å². The Morgan fingerprint density at radius 2 is 1.71 bits per heavy atom. The summed E-state index contributed by atoms with van der Waals surface area (Å²) in [6, 6.07) is 12.8. The summed E-state index contributed by atoms with van der Waals surface area (Å²) in [6.45, 7) is 5.27. The number of nitrogens with zero attached hydrogens (tertiary/aromatic N) is 2. The molecule has 0 aliphatic heterocycles. The first-order valence-electron chi connectivity index (χ1n) is 9.38. The monoisotopic (exact) mass is 384 g/mol. The first-order valence-corrected chi connectivity index (χ1v) is 9.38. The third-order valence-electron chi connectivity index (χ3n) is 4.77. The number of amides is 1. The van der Waals surface area contributed by atoms with Crippen LogP contribution < -0.4 is 0 Å². The van der Waals surface area contributed by atoms with Gasteiger partial charge in [-0.3, -0.25) is 14.6 Å². The molecule has 6 heteroatoms. The normalized spacial score (nSPS) is 14.2. The van der Waals surface area contributed by atoms with Gasteiger partial charge in [-0.15, -0.1) is 0 Å². The number of rotatable bonds is 8. The van der Waals surface area contributed by atoms with Gasteiger partial charge in [0, 0.05) is 24.4 Å². The molecule has 1 heterocycles. The average molecular weight is 384 g/mol. The topological polar surface area (TPSA) is 79.7 Å². The molecule has 0 bridgehead atoms. The summed E-state index contributed by atoms with van der Waals surface area (Å²) in [5.41, 5.74) is 1.54. The van der Waals surface area contributed by atoms with Gasteiger partial charge in [0.1, 0.15) is 6.23 Å². The van der Waals surface area contributed by atoms with Gasteiger partial charge in [0.2, 0.25) is 5.91 Å². The fraction of sp³-hybridized carbons (Fsp3) is 0.409. The molecular formula is C22H28N2O4. The molecule has 0 fully saturated rings. The van der Waals surface area contributed by atoms with E-state index in [1.54, 1.807) is 25.4 Å². The van der Waals surface area contributed by atoms with Gasteiger partial charge in [-0.05, 0) is 38.0 Å². The molecule has 0 spiro atoms. The van der Waals surface area contributed by atoms with Gasteiger partial charge >= 0.3 is 5.97 Å². The molecule has 1 amide bonds. The maximum atomic E-state index is 13.6. The molecule has 3 atom stereocenters. The number of benzene rings is 1. The Morgan fingerprint density at radius 1 is 1.07 bits per heavy atom. The third-order valence-corrected chi connectivity index (χ3v) is 4.77. The smallest absolute Gasteiger partial charge is 0.306 e. The number of esters is 1. The van der Waals surface area contributed by atoms with Gasteiger partial charge in [-0.25, -0.2) is 0 Å². The van der Waals surface area contributed by atoms with E-state index in [4.69, 9.17) is 4.74 Å². The zero-order valence-corrected chi connectivity index (χ0v) is 16.8. The fourth-order valence-corrected chi connectivity index (χ4v) is 3.53. The Balaban J connectivity index is 2.59. The van der Waals surface area contributed by atoms with Crippen LogP contribution in [0, 0.1) is 0 Å². The zero-order chi connectivity index (χ0) is 20.7. The van der Waals surface area contributed by atoms with Gasteiger partial charge in [0.05, 0.1) is 19.4 Å². The summed E-state index contributed by atoms with van der Waals surface area (Å²) in [4.78, 5) is 31.4. The molecule has 1 N–H and O–H groups in total. The average Bonchev–Trinajstić information content (AvgIpc) is 2.68. The van der Waals surface area contributed by atoms with Gasteiger partial charge < -0.3 is 14.7 Å². The lowest BCUT2D eigenvalue weighted by Gasteiger charge is -2.36. The summed E-state index contributed by atoms with van der Waals surface area (Å²) in [7, 11) is 1.33. The number of carbonyl (C=O) groups excluding carboxylic acids is 2. The van der Waals surface area contributed by atoms with Crippen LogP contribution >= 0.6 is 0 Å². The second kappa shape index (κ2) is 9.99. The predicted molar refractivity (Wildman–Crippen MR) is 106 cm³/mol. The summed E-state index contributed by atoms with van der Waals surface area (Å²) < 4.78 is 4.89. The molecule has 1 aromatic heterocycles. The highest BCUT2D eigenvalue weighted by molar-refractivity contribution is 5.86. The van der Waals surface area contributed by atoms with Crippen molar-refractivity contribution in [3.05, 3.63) is 66.0 Å². The van der Waals surface area contributed by atoms with Crippen molar-refractivity contribution in [1.82, 2.24) is 9.88 Å². The summed E-state index contributed by atoms with van der Waals surface area (Å²) in [5.74, 6) is -1.79. The molecule has 2 aromatic rings. The fourth-order valence-electron chi connectivity index (χ4n) is 3.53. The molecule has 0 saturated carbocycles. The van der Waals surface area contributed by atoms with Crippen molar-refractivity contribution < 1.29 is 19.4 Å². The number of carbonyl (C=O) groups is 2. The quantitative estimate of drug-likeness (QED) is 0.559. The second-order valence-corrected chi connectivity index (χ2v) is 7.03. The Hall–Kier alpha value is -2.73. The molecular weight excluding hydrogens is 356 g/mol. The van der Waals surface area contributed by atoms with Crippen molar-refractivity contribution in [3.63, 3.8) is 0 Å². The number of aliphatic hydroxyl groups is 1. The molecule has 1 aromatic carbocycles. The van der Waals surface area contributed by atoms with Crippen LogP contribution in [0.1, 0.15) is 50.2 Å². The molecule has 0 aliphatic carbocycles. The number of aromatic nitrogens is 1. The Bertz CT molecular complexity index is 755. The molecule has 0 saturated heterocycles. The van der Waals surface area contributed by atoms with Crippen LogP contribution in [0.2, 0.25) is 0 Å². The van der Waals surface area contributed by atoms with E-state index in [0.717, 1.165) is 5.56 Å². The maximum absolute atomic E-state index is 13.6. The number of ether oxygens (including phenoxy) is 1. The molecule has 3 unspecified atom stereocenters. The first-order chi connectivity index (χ1) is 13.4. The molecule has 28 heavy (non-hydrogen) atoms. The minimum Gasteiger partial charge on any atom is -0.469 e. The van der Waals surface area contributed by atoms with Crippen molar-refractivity contribution in [3.8, 4) is 0 Å². The SMILES string of the molecule is COC(=O)CC(c1ccccc1)C(C(=O)N(C(C)C)C(C)O)c1cccnc1. The van der Waals surface area contributed by atoms with E-state index in [0.29, 0.717) is 5.56 Å². The lowest BCUT2D eigenvalue weighted by Crippen LogP contribution is -2.47. The standard InChI is InChI=1S/C22H28N2O4/c1-15(2)24(16(3)25)22(27)21(18-11-8-12-23-14-18)19(13-20(26)28-4)17-9-6-5-7-10-17/h5-12,14-16,19,21,25H,13H2,1-4H3. The third kappa shape index (κ3) is 5.16. The second-order valence-electron chi connectivity index (χ2n) is 7.03. The van der Waals surface area contributed by atoms with Gasteiger partial charge in [0.25, 0.3) is 0 Å². The van der Waals surface area contributed by atoms with Crippen molar-refractivity contribution in [2.24, 2.45) is 0 Å². The van der Waals surface area contributed by atoms with Gasteiger partial charge in [0.15, 0.2) is 0 Å². The van der Waals surface area contributed by atoms with Crippen LogP contribution in [-0.4, -0.2) is 46.2 Å². The highest BCUT2D eigenvalue weighted by Gasteiger charge is 2.37. The lowest BCUT2D eigenvalue weighted by molar-refractivity contribution is -0.146. The molecule has 6 nitrogen and oxygen atoms in total. The van der Waals surface area contributed by atoms with Crippen LogP contribution in [0.25, 0.3) is 0 Å². The van der Waals surface area contributed by atoms with Crippen LogP contribution in [0.15, 0.2) is 54.9 Å². The Morgan fingerprint density at radius 3 is 2.21 bits per heavy atom. The largest absolute Gasteiger partial charge is 0.469 e. The molecule has 0 radical (unpaired) electrons. The first kappa shape index (κ1) is 21.6. The lowest BCUT2D eigenvalue weighted by atomic mass is 9.78. The van der Waals surface area contributed by atoms with E-state index >= 15 is 0 Å². The minimum atomic E-state index is -0.957. The van der Waals surface area contributed by atoms with Crippen LogP contribution in [0.5, 0.6) is 0 Å². The van der Waals surface area contributed by atoms with Gasteiger partial charge in [-0.1, -0.05) is 36.4 Å². The van der Waals surface area contributed by atoms with Crippen molar-refractivity contribution in [2.75, 3.05) is 7.11 Å². The van der Waals surface area contributed by atoms with E-state index < -0.39 is 24.0 Å². The number of hydrogen-bond acceptors (Lipinski definition) is 5. The van der Waals surface area contributed by atoms with Crippen molar-refractivity contribution in [1.29, 1.82) is 0 Å². The zero-order valence-electron chi connectivity index (χ0n) is 16.8. The van der Waals surface area contributed by atoms with Crippen LogP contribution in [-0.2, 0) is 14.3 Å². The van der Waals surface area contributed by atoms with Crippen LogP contribution in [0.3, 0.4) is 0 Å². The summed E-state index contributed by atoms with van der Waals surface area (Å²) >= 11 is 0. The Labute approximate surface area is 166 Å². The van der Waals surface area contributed by atoms with E-state index in [-0.39, 0.29) is 18.4 Å². The molecule has 0 aliphatic rings. The highest BCUT2D eigenvalue weighted by atomic mass is 16.5. The minimum absolute atomic E-state index is 0.0392. The van der Waals surface area contributed by atoms with E-state index in [1.807, 2.05) is 50.2 Å². The summed E-state index contributed by atoms with van der Waals surface area (Å²) in [5, 5.41) is 10.2. The van der Waals surface area contributed by atoms with E-state index in [9.17, 15) is 14.7 Å². The number of pyridine rings is 1.